The molecule has 2 heterocycles. The van der Waals surface area contributed by atoms with Crippen LogP contribution in [0.4, 0.5) is 0 Å². The van der Waals surface area contributed by atoms with E-state index in [1.54, 1.807) is 11.3 Å². The lowest BCUT2D eigenvalue weighted by Gasteiger charge is -2.23. The van der Waals surface area contributed by atoms with Crippen LogP contribution >= 0.6 is 11.3 Å². The van der Waals surface area contributed by atoms with E-state index in [9.17, 15) is 0 Å². The van der Waals surface area contributed by atoms with Crippen LogP contribution in [0.2, 0.25) is 0 Å². The van der Waals surface area contributed by atoms with Gasteiger partial charge in [0.1, 0.15) is 0 Å². The predicted molar refractivity (Wildman–Crippen MR) is 79.2 cm³/mol. The summed E-state index contributed by atoms with van der Waals surface area (Å²) in [4.78, 5) is 6.83. The molecular weight excluding hydrogens is 254 g/mol. The number of rotatable bonds is 4. The van der Waals surface area contributed by atoms with Gasteiger partial charge in [0.15, 0.2) is 0 Å². The monoisotopic (exact) mass is 273 g/mol. The molecule has 1 unspecified atom stereocenters. The molecule has 1 aromatic heterocycles. The van der Waals surface area contributed by atoms with Crippen molar-refractivity contribution in [2.45, 2.75) is 25.9 Å². The van der Waals surface area contributed by atoms with E-state index >= 15 is 0 Å². The first-order valence-corrected chi connectivity index (χ1v) is 7.58. The van der Waals surface area contributed by atoms with E-state index in [4.69, 9.17) is 5.73 Å². The summed E-state index contributed by atoms with van der Waals surface area (Å²) >= 11 is 1.73. The van der Waals surface area contributed by atoms with Crippen LogP contribution in [-0.4, -0.2) is 23.0 Å². The molecule has 0 radical (unpaired) electrons. The van der Waals surface area contributed by atoms with Crippen molar-refractivity contribution in [3.63, 3.8) is 0 Å². The molecule has 3 rings (SSSR count). The van der Waals surface area contributed by atoms with Gasteiger partial charge in [-0.1, -0.05) is 23.8 Å². The number of hydrogen-bond donors (Lipinski definition) is 1. The molecule has 0 saturated carbocycles. The molecule has 1 aromatic carbocycles. The van der Waals surface area contributed by atoms with Gasteiger partial charge in [0.25, 0.3) is 0 Å². The highest BCUT2D eigenvalue weighted by Gasteiger charge is 2.28. The summed E-state index contributed by atoms with van der Waals surface area (Å²) in [5.74, 6) is 0. The number of benzene rings is 1. The maximum Gasteiger partial charge on any atom is 0.0937 e. The number of nitrogens with zero attached hydrogens (tertiary/aromatic N) is 2. The summed E-state index contributed by atoms with van der Waals surface area (Å²) in [6.07, 6.45) is 2.89. The average molecular weight is 273 g/mol. The summed E-state index contributed by atoms with van der Waals surface area (Å²) in [5, 5.41) is 3.25. The molecular formula is C15H19N3S. The Labute approximate surface area is 118 Å². The first-order chi connectivity index (χ1) is 9.28. The second-order valence-electron chi connectivity index (χ2n) is 5.10. The van der Waals surface area contributed by atoms with E-state index in [2.05, 4.69) is 35.0 Å². The van der Waals surface area contributed by atoms with Gasteiger partial charge in [-0.15, -0.1) is 11.3 Å². The van der Waals surface area contributed by atoms with Gasteiger partial charge in [-0.25, -0.2) is 4.98 Å². The lowest BCUT2D eigenvalue weighted by molar-refractivity contribution is 0.223. The van der Waals surface area contributed by atoms with Crippen molar-refractivity contribution in [1.29, 1.82) is 0 Å². The molecule has 0 saturated heterocycles. The lowest BCUT2D eigenvalue weighted by atomic mass is 10.0. The van der Waals surface area contributed by atoms with E-state index in [0.717, 1.165) is 19.5 Å². The third kappa shape index (κ3) is 2.56. The first-order valence-electron chi connectivity index (χ1n) is 6.70. The van der Waals surface area contributed by atoms with E-state index in [1.807, 2.05) is 11.6 Å². The zero-order valence-corrected chi connectivity index (χ0v) is 12.0. The number of nitrogens with two attached hydrogens (primary N) is 1. The highest BCUT2D eigenvalue weighted by Crippen LogP contribution is 2.33. The Hall–Kier alpha value is -1.23. The highest BCUT2D eigenvalue weighted by atomic mass is 32.1. The van der Waals surface area contributed by atoms with Crippen LogP contribution in [0.25, 0.3) is 0 Å². The standard InChI is InChI=1S/C15H19N3S/c1-11-2-3-12-10-18(14(9-16)13(12)8-11)6-4-15-17-5-7-19-15/h2-3,5,7-8,14H,4,6,9-10,16H2,1H3. The Bertz CT molecular complexity index is 551. The molecule has 19 heavy (non-hydrogen) atoms. The third-order valence-electron chi connectivity index (χ3n) is 3.79. The van der Waals surface area contributed by atoms with Gasteiger partial charge in [-0.05, 0) is 18.1 Å². The normalized spacial score (nSPS) is 18.7. The Morgan fingerprint density at radius 2 is 2.37 bits per heavy atom. The molecule has 4 heteroatoms. The maximum atomic E-state index is 5.98. The van der Waals surface area contributed by atoms with Crippen LogP contribution in [0.3, 0.4) is 0 Å². The molecule has 0 amide bonds. The van der Waals surface area contributed by atoms with Crippen molar-refractivity contribution in [3.8, 4) is 0 Å². The van der Waals surface area contributed by atoms with Crippen LogP contribution in [0.15, 0.2) is 29.8 Å². The number of aromatic nitrogens is 1. The second-order valence-corrected chi connectivity index (χ2v) is 6.08. The Kier molecular flexibility index (Phi) is 3.64. The van der Waals surface area contributed by atoms with Crippen molar-refractivity contribution in [3.05, 3.63) is 51.5 Å². The fourth-order valence-corrected chi connectivity index (χ4v) is 3.43. The van der Waals surface area contributed by atoms with E-state index < -0.39 is 0 Å². The zero-order valence-electron chi connectivity index (χ0n) is 11.2. The summed E-state index contributed by atoms with van der Waals surface area (Å²) in [6, 6.07) is 7.10. The molecule has 1 aliphatic rings. The minimum Gasteiger partial charge on any atom is -0.329 e. The van der Waals surface area contributed by atoms with Gasteiger partial charge >= 0.3 is 0 Å². The van der Waals surface area contributed by atoms with E-state index in [-0.39, 0.29) is 0 Å². The smallest absolute Gasteiger partial charge is 0.0937 e. The molecule has 3 nitrogen and oxygen atoms in total. The van der Waals surface area contributed by atoms with Gasteiger partial charge in [-0.3, -0.25) is 4.90 Å². The molecule has 0 spiro atoms. The first kappa shape index (κ1) is 12.8. The number of fused-ring (bicyclic) bond motifs is 1. The van der Waals surface area contributed by atoms with Crippen LogP contribution in [0.1, 0.15) is 27.7 Å². The zero-order chi connectivity index (χ0) is 13.2. The number of thiazole rings is 1. The quantitative estimate of drug-likeness (QED) is 0.930. The fraction of sp³-hybridized carbons (Fsp3) is 0.400. The minimum absolute atomic E-state index is 0.370. The van der Waals surface area contributed by atoms with Crippen LogP contribution < -0.4 is 5.73 Å². The lowest BCUT2D eigenvalue weighted by Crippen LogP contribution is -2.29. The van der Waals surface area contributed by atoms with E-state index in [0.29, 0.717) is 12.6 Å². The van der Waals surface area contributed by atoms with Crippen LogP contribution in [-0.2, 0) is 13.0 Å². The minimum atomic E-state index is 0.370. The van der Waals surface area contributed by atoms with Crippen molar-refractivity contribution in [2.75, 3.05) is 13.1 Å². The molecule has 100 valence electrons. The fourth-order valence-electron chi connectivity index (χ4n) is 2.82. The highest BCUT2D eigenvalue weighted by molar-refractivity contribution is 7.09. The topological polar surface area (TPSA) is 42.1 Å². The summed E-state index contributed by atoms with van der Waals surface area (Å²) < 4.78 is 0. The van der Waals surface area contributed by atoms with Gasteiger partial charge in [0, 0.05) is 43.7 Å². The summed E-state index contributed by atoms with van der Waals surface area (Å²) in [6.45, 7) is 4.88. The SMILES string of the molecule is Cc1ccc2c(c1)C(CN)N(CCc1nccs1)C2. The van der Waals surface area contributed by atoms with Crippen molar-refractivity contribution >= 4 is 11.3 Å². The molecule has 0 fully saturated rings. The Morgan fingerprint density at radius 3 is 3.11 bits per heavy atom. The van der Waals surface area contributed by atoms with Gasteiger partial charge < -0.3 is 5.73 Å². The van der Waals surface area contributed by atoms with Crippen LogP contribution in [0.5, 0.6) is 0 Å². The van der Waals surface area contributed by atoms with Crippen molar-refractivity contribution in [2.24, 2.45) is 5.73 Å². The average Bonchev–Trinajstić information content (AvgIpc) is 3.02. The number of aryl methyl sites for hydroxylation is 1. The molecule has 1 aliphatic heterocycles. The summed E-state index contributed by atoms with van der Waals surface area (Å²) in [7, 11) is 0. The second kappa shape index (κ2) is 5.41. The summed E-state index contributed by atoms with van der Waals surface area (Å²) in [5.41, 5.74) is 10.2. The van der Waals surface area contributed by atoms with Crippen molar-refractivity contribution in [1.82, 2.24) is 9.88 Å². The largest absolute Gasteiger partial charge is 0.329 e. The predicted octanol–water partition coefficient (Wildman–Crippen LogP) is 2.51. The maximum absolute atomic E-state index is 5.98. The molecule has 2 aromatic rings. The number of hydrogen-bond acceptors (Lipinski definition) is 4. The van der Waals surface area contributed by atoms with Gasteiger partial charge in [0.2, 0.25) is 0 Å². The Balaban J connectivity index is 1.74. The molecule has 1 atom stereocenters. The third-order valence-corrected chi connectivity index (χ3v) is 4.63. The van der Waals surface area contributed by atoms with Gasteiger partial charge in [0.05, 0.1) is 5.01 Å². The van der Waals surface area contributed by atoms with Gasteiger partial charge in [-0.2, -0.15) is 0 Å². The van der Waals surface area contributed by atoms with Crippen LogP contribution in [0, 0.1) is 6.92 Å². The van der Waals surface area contributed by atoms with E-state index in [1.165, 1.54) is 21.7 Å². The molecule has 0 aliphatic carbocycles. The van der Waals surface area contributed by atoms with Crippen molar-refractivity contribution < 1.29 is 0 Å². The Morgan fingerprint density at radius 1 is 1.47 bits per heavy atom. The molecule has 2 N–H and O–H groups in total. The molecule has 0 bridgehead atoms.